The van der Waals surface area contributed by atoms with Crippen molar-refractivity contribution in [3.05, 3.63) is 52.9 Å². The lowest BCUT2D eigenvalue weighted by atomic mass is 9.66. The molecule has 6 heteroatoms. The summed E-state index contributed by atoms with van der Waals surface area (Å²) in [6, 6.07) is 6.91. The molecular formula is C22H25NO5. The molecule has 1 aliphatic carbocycles. The monoisotopic (exact) mass is 383 g/mol. The van der Waals surface area contributed by atoms with E-state index in [0.29, 0.717) is 23.4 Å². The van der Waals surface area contributed by atoms with E-state index in [2.05, 4.69) is 11.4 Å². The topological polar surface area (TPSA) is 81.7 Å². The zero-order chi connectivity index (χ0) is 20.6. The third-order valence-electron chi connectivity index (χ3n) is 5.14. The number of Topliss-reactive ketones (excluding diaryl/α,β-unsaturated/α-hetero) is 1. The van der Waals surface area contributed by atoms with Crippen molar-refractivity contribution < 1.29 is 23.9 Å². The van der Waals surface area contributed by atoms with Crippen LogP contribution in [0.1, 0.15) is 45.6 Å². The average molecular weight is 383 g/mol. The van der Waals surface area contributed by atoms with Crippen LogP contribution < -0.4 is 10.1 Å². The first-order chi connectivity index (χ1) is 13.1. The summed E-state index contributed by atoms with van der Waals surface area (Å²) in [5, 5.41) is 3.26. The molecule has 2 atom stereocenters. The van der Waals surface area contributed by atoms with Gasteiger partial charge in [0.2, 0.25) is 0 Å². The van der Waals surface area contributed by atoms with E-state index in [1.54, 1.807) is 24.3 Å². The second-order valence-corrected chi connectivity index (χ2v) is 8.00. The Morgan fingerprint density at radius 1 is 1.14 bits per heavy atom. The maximum absolute atomic E-state index is 13.1. The van der Waals surface area contributed by atoms with E-state index in [-0.39, 0.29) is 11.2 Å². The summed E-state index contributed by atoms with van der Waals surface area (Å²) in [6.07, 6.45) is 2.48. The second-order valence-electron chi connectivity index (χ2n) is 8.00. The second kappa shape index (κ2) is 7.26. The first-order valence-electron chi connectivity index (χ1n) is 9.23. The summed E-state index contributed by atoms with van der Waals surface area (Å²) >= 11 is 0. The normalized spacial score (nSPS) is 23.3. The molecule has 28 heavy (non-hydrogen) atoms. The van der Waals surface area contributed by atoms with Crippen LogP contribution in [0.4, 0.5) is 0 Å². The molecule has 3 rings (SSSR count). The molecular weight excluding hydrogens is 358 g/mol. The largest absolute Gasteiger partial charge is 0.466 e. The molecule has 1 aromatic rings. The Balaban J connectivity index is 2.12. The zero-order valence-electron chi connectivity index (χ0n) is 16.8. The van der Waals surface area contributed by atoms with E-state index < -0.39 is 23.8 Å². The predicted octanol–water partition coefficient (Wildman–Crippen LogP) is 3.24. The first-order valence-corrected chi connectivity index (χ1v) is 9.23. The van der Waals surface area contributed by atoms with Crippen molar-refractivity contribution in [2.75, 3.05) is 7.11 Å². The van der Waals surface area contributed by atoms with Crippen LogP contribution in [-0.2, 0) is 19.1 Å². The van der Waals surface area contributed by atoms with Crippen molar-refractivity contribution in [2.24, 2.45) is 11.3 Å². The van der Waals surface area contributed by atoms with Crippen molar-refractivity contribution in [3.8, 4) is 5.75 Å². The standard InChI is InChI=1S/C22H25NO5/c1-12-18(21(26)27-5)19(14-6-8-15(9-7-14)28-13(2)24)20-16(23-12)10-22(3,4)11-17(20)25/h6-10,19-20,23H,11H2,1-5H3. The molecule has 2 aliphatic rings. The maximum Gasteiger partial charge on any atom is 0.336 e. The van der Waals surface area contributed by atoms with E-state index in [1.807, 2.05) is 20.8 Å². The number of allylic oxidation sites excluding steroid dienone is 3. The molecule has 148 valence electrons. The Morgan fingerprint density at radius 2 is 1.79 bits per heavy atom. The van der Waals surface area contributed by atoms with Crippen LogP contribution in [0.3, 0.4) is 0 Å². The van der Waals surface area contributed by atoms with Crippen LogP contribution in [0.5, 0.6) is 5.75 Å². The Hall–Kier alpha value is -2.89. The van der Waals surface area contributed by atoms with Crippen molar-refractivity contribution in [1.29, 1.82) is 0 Å². The lowest BCUT2D eigenvalue weighted by Gasteiger charge is -2.41. The summed E-state index contributed by atoms with van der Waals surface area (Å²) in [5.41, 5.74) is 2.48. The molecule has 0 aromatic heterocycles. The van der Waals surface area contributed by atoms with Gasteiger partial charge >= 0.3 is 11.9 Å². The SMILES string of the molecule is COC(=O)C1=C(C)NC2=CC(C)(C)CC(=O)C2C1c1ccc(OC(C)=O)cc1. The van der Waals surface area contributed by atoms with Gasteiger partial charge in [-0.2, -0.15) is 0 Å². The van der Waals surface area contributed by atoms with Gasteiger partial charge in [0.15, 0.2) is 0 Å². The van der Waals surface area contributed by atoms with Gasteiger partial charge < -0.3 is 14.8 Å². The number of esters is 2. The number of ketones is 1. The number of fused-ring (bicyclic) bond motifs is 1. The number of carbonyl (C=O) groups excluding carboxylic acids is 3. The number of nitrogens with one attached hydrogen (secondary N) is 1. The molecule has 1 heterocycles. The van der Waals surface area contributed by atoms with Gasteiger partial charge in [-0.3, -0.25) is 9.59 Å². The minimum Gasteiger partial charge on any atom is -0.466 e. The Kier molecular flexibility index (Phi) is 5.15. The van der Waals surface area contributed by atoms with Crippen molar-refractivity contribution in [3.63, 3.8) is 0 Å². The first kappa shape index (κ1) is 19.9. The molecule has 0 amide bonds. The number of hydrogen-bond acceptors (Lipinski definition) is 6. The van der Waals surface area contributed by atoms with Crippen LogP contribution in [-0.4, -0.2) is 24.8 Å². The minimum absolute atomic E-state index is 0.0814. The van der Waals surface area contributed by atoms with Gasteiger partial charge in [0.05, 0.1) is 18.6 Å². The number of methoxy groups -OCH3 is 1. The summed E-state index contributed by atoms with van der Waals surface area (Å²) in [4.78, 5) is 36.8. The molecule has 6 nitrogen and oxygen atoms in total. The fourth-order valence-corrected chi connectivity index (χ4v) is 4.12. The number of carbonyl (C=O) groups is 3. The van der Waals surface area contributed by atoms with E-state index in [0.717, 1.165) is 11.3 Å². The van der Waals surface area contributed by atoms with Gasteiger partial charge in [0.25, 0.3) is 0 Å². The number of hydrogen-bond donors (Lipinski definition) is 1. The molecule has 0 saturated carbocycles. The van der Waals surface area contributed by atoms with Crippen molar-refractivity contribution in [1.82, 2.24) is 5.32 Å². The molecule has 2 unspecified atom stereocenters. The quantitative estimate of drug-likeness (QED) is 0.637. The van der Waals surface area contributed by atoms with Gasteiger partial charge in [0.1, 0.15) is 11.5 Å². The Morgan fingerprint density at radius 3 is 2.36 bits per heavy atom. The van der Waals surface area contributed by atoms with E-state index in [1.165, 1.54) is 14.0 Å². The van der Waals surface area contributed by atoms with E-state index >= 15 is 0 Å². The molecule has 1 aliphatic heterocycles. The Bertz CT molecular complexity index is 892. The summed E-state index contributed by atoms with van der Waals surface area (Å²) in [7, 11) is 1.33. The summed E-state index contributed by atoms with van der Waals surface area (Å²) in [6.45, 7) is 7.19. The van der Waals surface area contributed by atoms with Crippen molar-refractivity contribution in [2.45, 2.75) is 40.0 Å². The van der Waals surface area contributed by atoms with E-state index in [4.69, 9.17) is 9.47 Å². The van der Waals surface area contributed by atoms with Crippen molar-refractivity contribution >= 4 is 17.7 Å². The van der Waals surface area contributed by atoms with Crippen LogP contribution in [0.25, 0.3) is 0 Å². The smallest absolute Gasteiger partial charge is 0.336 e. The van der Waals surface area contributed by atoms with Gasteiger partial charge in [0, 0.05) is 30.7 Å². The fourth-order valence-electron chi connectivity index (χ4n) is 4.12. The van der Waals surface area contributed by atoms with Gasteiger partial charge in [-0.25, -0.2) is 4.79 Å². The molecule has 0 radical (unpaired) electrons. The number of benzene rings is 1. The zero-order valence-corrected chi connectivity index (χ0v) is 16.8. The van der Waals surface area contributed by atoms with Crippen LogP contribution in [0, 0.1) is 11.3 Å². The highest BCUT2D eigenvalue weighted by atomic mass is 16.5. The molecule has 1 aromatic carbocycles. The predicted molar refractivity (Wildman–Crippen MR) is 103 cm³/mol. The number of rotatable bonds is 3. The van der Waals surface area contributed by atoms with Crippen LogP contribution in [0.15, 0.2) is 47.3 Å². The highest BCUT2D eigenvalue weighted by Crippen LogP contribution is 2.47. The van der Waals surface area contributed by atoms with Crippen LogP contribution >= 0.6 is 0 Å². The molecule has 0 fully saturated rings. The maximum atomic E-state index is 13.1. The average Bonchev–Trinajstić information content (AvgIpc) is 2.59. The van der Waals surface area contributed by atoms with Gasteiger partial charge in [-0.05, 0) is 30.0 Å². The molecule has 1 N–H and O–H groups in total. The van der Waals surface area contributed by atoms with Gasteiger partial charge in [-0.1, -0.05) is 32.1 Å². The Labute approximate surface area is 164 Å². The van der Waals surface area contributed by atoms with E-state index in [9.17, 15) is 14.4 Å². The number of ether oxygens (including phenoxy) is 2. The highest BCUT2D eigenvalue weighted by molar-refractivity contribution is 5.96. The summed E-state index contributed by atoms with van der Waals surface area (Å²) in [5.74, 6) is -1.32. The minimum atomic E-state index is -0.481. The third kappa shape index (κ3) is 3.72. The van der Waals surface area contributed by atoms with Crippen LogP contribution in [0.2, 0.25) is 0 Å². The summed E-state index contributed by atoms with van der Waals surface area (Å²) < 4.78 is 10.1. The molecule has 0 spiro atoms. The molecule has 0 bridgehead atoms. The third-order valence-corrected chi connectivity index (χ3v) is 5.14. The van der Waals surface area contributed by atoms with Gasteiger partial charge in [-0.15, -0.1) is 0 Å². The fraction of sp³-hybridized carbons (Fsp3) is 0.409. The lowest BCUT2D eigenvalue weighted by molar-refractivity contribution is -0.137. The molecule has 0 saturated heterocycles. The lowest BCUT2D eigenvalue weighted by Crippen LogP contribution is -2.43. The highest BCUT2D eigenvalue weighted by Gasteiger charge is 2.46.